The van der Waals surface area contributed by atoms with E-state index in [1.54, 1.807) is 18.9 Å². The van der Waals surface area contributed by atoms with Crippen LogP contribution in [0.4, 0.5) is 0 Å². The van der Waals surface area contributed by atoms with Crippen molar-refractivity contribution in [3.05, 3.63) is 48.5 Å². The Labute approximate surface area is 153 Å². The Morgan fingerprint density at radius 2 is 2.00 bits per heavy atom. The van der Waals surface area contributed by atoms with E-state index in [1.165, 1.54) is 0 Å². The first-order valence-corrected chi connectivity index (χ1v) is 9.77. The SMILES string of the molecule is COc1ccccc1-c1cccc(OC2CN(C(=O)CCSC)C2)c1. The van der Waals surface area contributed by atoms with Crippen molar-refractivity contribution in [1.29, 1.82) is 0 Å². The predicted molar refractivity (Wildman–Crippen MR) is 102 cm³/mol. The molecule has 1 aliphatic heterocycles. The fourth-order valence-electron chi connectivity index (χ4n) is 2.88. The number of amides is 1. The van der Waals surface area contributed by atoms with Crippen molar-refractivity contribution in [1.82, 2.24) is 4.90 Å². The van der Waals surface area contributed by atoms with Gasteiger partial charge in [0, 0.05) is 17.7 Å². The smallest absolute Gasteiger partial charge is 0.223 e. The highest BCUT2D eigenvalue weighted by Gasteiger charge is 2.31. The Kier molecular flexibility index (Phi) is 5.87. The maximum atomic E-state index is 11.9. The third-order valence-corrected chi connectivity index (χ3v) is 4.89. The molecule has 2 aromatic carbocycles. The van der Waals surface area contributed by atoms with E-state index in [9.17, 15) is 4.79 Å². The Morgan fingerprint density at radius 3 is 2.76 bits per heavy atom. The zero-order chi connectivity index (χ0) is 17.6. The quantitative estimate of drug-likeness (QED) is 0.757. The molecule has 2 aromatic rings. The zero-order valence-corrected chi connectivity index (χ0v) is 15.4. The minimum Gasteiger partial charge on any atom is -0.496 e. The van der Waals surface area contributed by atoms with Crippen molar-refractivity contribution >= 4 is 17.7 Å². The van der Waals surface area contributed by atoms with Gasteiger partial charge in [0.15, 0.2) is 0 Å². The number of methoxy groups -OCH3 is 1. The number of hydrogen-bond acceptors (Lipinski definition) is 4. The van der Waals surface area contributed by atoms with Gasteiger partial charge < -0.3 is 14.4 Å². The second-order valence-corrected chi connectivity index (χ2v) is 7.00. The van der Waals surface area contributed by atoms with Gasteiger partial charge in [-0.3, -0.25) is 4.79 Å². The Morgan fingerprint density at radius 1 is 1.20 bits per heavy atom. The fraction of sp³-hybridized carbons (Fsp3) is 0.350. The molecular weight excluding hydrogens is 334 g/mol. The van der Waals surface area contributed by atoms with Crippen LogP contribution >= 0.6 is 11.8 Å². The number of rotatable bonds is 7. The van der Waals surface area contributed by atoms with Crippen LogP contribution in [0, 0.1) is 0 Å². The van der Waals surface area contributed by atoms with E-state index in [0.717, 1.165) is 28.4 Å². The summed E-state index contributed by atoms with van der Waals surface area (Å²) in [7, 11) is 1.68. The third-order valence-electron chi connectivity index (χ3n) is 4.28. The lowest BCUT2D eigenvalue weighted by atomic mass is 10.0. The van der Waals surface area contributed by atoms with Gasteiger partial charge in [-0.05, 0) is 30.0 Å². The van der Waals surface area contributed by atoms with Gasteiger partial charge in [-0.1, -0.05) is 30.3 Å². The molecule has 25 heavy (non-hydrogen) atoms. The van der Waals surface area contributed by atoms with Gasteiger partial charge in [0.05, 0.1) is 20.2 Å². The molecule has 0 atom stereocenters. The number of para-hydroxylation sites is 1. The lowest BCUT2D eigenvalue weighted by Gasteiger charge is -2.39. The number of nitrogens with zero attached hydrogens (tertiary/aromatic N) is 1. The Bertz CT molecular complexity index is 728. The van der Waals surface area contributed by atoms with Gasteiger partial charge in [-0.25, -0.2) is 0 Å². The number of benzene rings is 2. The molecule has 0 unspecified atom stereocenters. The second kappa shape index (κ2) is 8.30. The van der Waals surface area contributed by atoms with E-state index in [2.05, 4.69) is 0 Å². The molecule has 0 aliphatic carbocycles. The summed E-state index contributed by atoms with van der Waals surface area (Å²) in [5, 5.41) is 0. The number of ether oxygens (including phenoxy) is 2. The van der Waals surface area contributed by atoms with Crippen molar-refractivity contribution < 1.29 is 14.3 Å². The molecule has 1 amide bonds. The highest BCUT2D eigenvalue weighted by Crippen LogP contribution is 2.32. The van der Waals surface area contributed by atoms with Gasteiger partial charge in [0.1, 0.15) is 17.6 Å². The van der Waals surface area contributed by atoms with Gasteiger partial charge in [0.2, 0.25) is 5.91 Å². The van der Waals surface area contributed by atoms with Crippen LogP contribution in [0.1, 0.15) is 6.42 Å². The summed E-state index contributed by atoms with van der Waals surface area (Å²) in [6.07, 6.45) is 2.70. The highest BCUT2D eigenvalue weighted by atomic mass is 32.2. The lowest BCUT2D eigenvalue weighted by molar-refractivity contribution is -0.139. The second-order valence-electron chi connectivity index (χ2n) is 6.01. The molecule has 132 valence electrons. The van der Waals surface area contributed by atoms with E-state index >= 15 is 0 Å². The van der Waals surface area contributed by atoms with Crippen LogP contribution < -0.4 is 9.47 Å². The largest absolute Gasteiger partial charge is 0.496 e. The normalized spacial score (nSPS) is 14.1. The van der Waals surface area contributed by atoms with Crippen molar-refractivity contribution in [2.45, 2.75) is 12.5 Å². The average Bonchev–Trinajstić information content (AvgIpc) is 2.62. The Balaban J connectivity index is 1.61. The van der Waals surface area contributed by atoms with Crippen LogP contribution in [0.25, 0.3) is 11.1 Å². The lowest BCUT2D eigenvalue weighted by Crippen LogP contribution is -2.56. The van der Waals surface area contributed by atoms with Crippen LogP contribution in [0.2, 0.25) is 0 Å². The summed E-state index contributed by atoms with van der Waals surface area (Å²) in [6.45, 7) is 1.35. The Hall–Kier alpha value is -2.14. The summed E-state index contributed by atoms with van der Waals surface area (Å²) < 4.78 is 11.5. The van der Waals surface area contributed by atoms with Crippen LogP contribution in [-0.2, 0) is 4.79 Å². The van der Waals surface area contributed by atoms with Crippen molar-refractivity contribution in [3.63, 3.8) is 0 Å². The summed E-state index contributed by atoms with van der Waals surface area (Å²) >= 11 is 1.70. The molecular formula is C20H23NO3S. The van der Waals surface area contributed by atoms with Crippen LogP contribution in [-0.4, -0.2) is 49.1 Å². The monoisotopic (exact) mass is 357 g/mol. The number of likely N-dealkylation sites (tertiary alicyclic amines) is 1. The standard InChI is InChI=1S/C20H23NO3S/c1-23-19-9-4-3-8-18(19)15-6-5-7-16(12-15)24-17-13-21(14-17)20(22)10-11-25-2/h3-9,12,17H,10-11,13-14H2,1-2H3. The highest BCUT2D eigenvalue weighted by molar-refractivity contribution is 7.98. The van der Waals surface area contributed by atoms with Crippen molar-refractivity contribution in [2.75, 3.05) is 32.2 Å². The van der Waals surface area contributed by atoms with Gasteiger partial charge >= 0.3 is 0 Å². The number of thioether (sulfide) groups is 1. The molecule has 3 rings (SSSR count). The molecule has 5 heteroatoms. The molecule has 0 bridgehead atoms. The summed E-state index contributed by atoms with van der Waals surface area (Å²) in [5.74, 6) is 2.76. The fourth-order valence-corrected chi connectivity index (χ4v) is 3.26. The minimum atomic E-state index is 0.0751. The van der Waals surface area contributed by atoms with Crippen molar-refractivity contribution in [3.8, 4) is 22.6 Å². The molecule has 0 N–H and O–H groups in total. The van der Waals surface area contributed by atoms with Gasteiger partial charge in [0.25, 0.3) is 0 Å². The summed E-state index contributed by atoms with van der Waals surface area (Å²) in [4.78, 5) is 13.8. The average molecular weight is 357 g/mol. The van der Waals surface area contributed by atoms with Gasteiger partial charge in [-0.2, -0.15) is 11.8 Å². The topological polar surface area (TPSA) is 38.8 Å². The number of hydrogen-bond donors (Lipinski definition) is 0. The van der Waals surface area contributed by atoms with E-state index in [4.69, 9.17) is 9.47 Å². The first kappa shape index (κ1) is 17.7. The molecule has 0 aromatic heterocycles. The maximum absolute atomic E-state index is 11.9. The maximum Gasteiger partial charge on any atom is 0.223 e. The summed E-state index contributed by atoms with van der Waals surface area (Å²) in [5.41, 5.74) is 2.10. The van der Waals surface area contributed by atoms with E-state index in [-0.39, 0.29) is 12.0 Å². The third kappa shape index (κ3) is 4.28. The van der Waals surface area contributed by atoms with Gasteiger partial charge in [-0.15, -0.1) is 0 Å². The molecule has 0 radical (unpaired) electrons. The molecule has 1 fully saturated rings. The molecule has 0 spiro atoms. The van der Waals surface area contributed by atoms with Crippen LogP contribution in [0.15, 0.2) is 48.5 Å². The zero-order valence-electron chi connectivity index (χ0n) is 14.6. The van der Waals surface area contributed by atoms with E-state index < -0.39 is 0 Å². The van der Waals surface area contributed by atoms with Crippen molar-refractivity contribution in [2.24, 2.45) is 0 Å². The molecule has 0 saturated carbocycles. The van der Waals surface area contributed by atoms with Crippen LogP contribution in [0.5, 0.6) is 11.5 Å². The minimum absolute atomic E-state index is 0.0751. The van der Waals surface area contributed by atoms with E-state index in [0.29, 0.717) is 19.5 Å². The molecule has 4 nitrogen and oxygen atoms in total. The predicted octanol–water partition coefficient (Wildman–Crippen LogP) is 3.70. The van der Waals surface area contributed by atoms with E-state index in [1.807, 2.05) is 59.7 Å². The number of carbonyl (C=O) groups excluding carboxylic acids is 1. The van der Waals surface area contributed by atoms with Crippen LogP contribution in [0.3, 0.4) is 0 Å². The summed E-state index contributed by atoms with van der Waals surface area (Å²) in [6, 6.07) is 15.9. The molecule has 1 heterocycles. The number of carbonyl (C=O) groups is 1. The molecule has 1 saturated heterocycles. The first-order chi connectivity index (χ1) is 12.2. The molecule has 1 aliphatic rings. The first-order valence-electron chi connectivity index (χ1n) is 8.38.